The van der Waals surface area contributed by atoms with Crippen molar-refractivity contribution < 1.29 is 19.4 Å². The van der Waals surface area contributed by atoms with E-state index in [1.54, 1.807) is 30.3 Å². The molecular weight excluding hydrogens is 308 g/mol. The molecule has 1 fully saturated rings. The quantitative estimate of drug-likeness (QED) is 0.676. The van der Waals surface area contributed by atoms with Crippen LogP contribution in [0.2, 0.25) is 0 Å². The summed E-state index contributed by atoms with van der Waals surface area (Å²) in [5, 5.41) is 11.9. The van der Waals surface area contributed by atoms with Gasteiger partial charge in [0.15, 0.2) is 0 Å². The van der Waals surface area contributed by atoms with Crippen LogP contribution in [0.15, 0.2) is 36.9 Å². The second kappa shape index (κ2) is 8.49. The minimum atomic E-state index is -0.817. The summed E-state index contributed by atoms with van der Waals surface area (Å²) >= 11 is 0. The average molecular weight is 332 g/mol. The molecule has 1 aromatic rings. The fourth-order valence-electron chi connectivity index (χ4n) is 2.80. The van der Waals surface area contributed by atoms with E-state index in [-0.39, 0.29) is 24.5 Å². The largest absolute Gasteiger partial charge is 0.490 e. The average Bonchev–Trinajstić information content (AvgIpc) is 2.54. The second-order valence-corrected chi connectivity index (χ2v) is 5.88. The molecule has 1 aromatic carbocycles. The summed E-state index contributed by atoms with van der Waals surface area (Å²) in [7, 11) is 0. The summed E-state index contributed by atoms with van der Waals surface area (Å²) in [4.78, 5) is 25.0. The fourth-order valence-corrected chi connectivity index (χ4v) is 2.80. The van der Waals surface area contributed by atoms with Crippen molar-refractivity contribution in [2.24, 2.45) is 0 Å². The number of carbonyl (C=O) groups excluding carboxylic acids is 1. The number of likely N-dealkylation sites (N-methyl/N-ethyl adjacent to an activating group) is 1. The molecule has 6 nitrogen and oxygen atoms in total. The molecule has 0 bridgehead atoms. The predicted octanol–water partition coefficient (Wildman–Crippen LogP) is 1.92. The zero-order valence-corrected chi connectivity index (χ0v) is 13.9. The van der Waals surface area contributed by atoms with E-state index in [1.807, 2.05) is 11.8 Å². The number of aliphatic carboxylic acids is 1. The Kier molecular flexibility index (Phi) is 6.37. The van der Waals surface area contributed by atoms with Gasteiger partial charge in [0.1, 0.15) is 12.4 Å². The van der Waals surface area contributed by atoms with E-state index in [9.17, 15) is 9.59 Å². The van der Waals surface area contributed by atoms with E-state index < -0.39 is 5.97 Å². The number of nitrogens with one attached hydrogen (secondary N) is 1. The van der Waals surface area contributed by atoms with Gasteiger partial charge in [0.05, 0.1) is 6.54 Å². The van der Waals surface area contributed by atoms with Crippen LogP contribution in [0.5, 0.6) is 5.75 Å². The molecule has 24 heavy (non-hydrogen) atoms. The number of carbonyl (C=O) groups is 2. The Bertz CT molecular complexity index is 579. The molecule has 0 atom stereocenters. The molecule has 2 N–H and O–H groups in total. The molecular formula is C18H24N2O4. The molecule has 0 spiro atoms. The molecule has 1 aliphatic rings. The Balaban J connectivity index is 1.79. The Morgan fingerprint density at radius 1 is 1.38 bits per heavy atom. The summed E-state index contributed by atoms with van der Waals surface area (Å²) in [6.07, 6.45) is 3.23. The van der Waals surface area contributed by atoms with E-state index >= 15 is 0 Å². The van der Waals surface area contributed by atoms with E-state index in [0.717, 1.165) is 12.8 Å². The lowest BCUT2D eigenvalue weighted by Gasteiger charge is -2.42. The molecule has 0 radical (unpaired) electrons. The van der Waals surface area contributed by atoms with Gasteiger partial charge in [0.2, 0.25) is 0 Å². The van der Waals surface area contributed by atoms with Crippen molar-refractivity contribution in [1.29, 1.82) is 0 Å². The van der Waals surface area contributed by atoms with Gasteiger partial charge in [-0.1, -0.05) is 19.6 Å². The lowest BCUT2D eigenvalue weighted by atomic mass is 9.85. The topological polar surface area (TPSA) is 78.9 Å². The van der Waals surface area contributed by atoms with Crippen molar-refractivity contribution in [3.8, 4) is 5.75 Å². The van der Waals surface area contributed by atoms with E-state index in [0.29, 0.717) is 24.5 Å². The maximum Gasteiger partial charge on any atom is 0.317 e. The standard InChI is InChI=1S/C18H24N2O4/c1-3-9-24-16-7-5-13(6-8-16)18(23)19-14-10-15(11-14)20(4-2)12-17(21)22/h3,5-8,14-15H,1,4,9-12H2,2H3,(H,19,23)(H,21,22). The van der Waals surface area contributed by atoms with Crippen LogP contribution in [0.1, 0.15) is 30.1 Å². The van der Waals surface area contributed by atoms with Gasteiger partial charge in [-0.15, -0.1) is 0 Å². The molecule has 0 aromatic heterocycles. The van der Waals surface area contributed by atoms with Crippen LogP contribution in [0, 0.1) is 0 Å². The Hall–Kier alpha value is -2.34. The first-order valence-corrected chi connectivity index (χ1v) is 8.14. The number of benzene rings is 1. The molecule has 6 heteroatoms. The van der Waals surface area contributed by atoms with Crippen LogP contribution in [0.25, 0.3) is 0 Å². The van der Waals surface area contributed by atoms with E-state index in [4.69, 9.17) is 9.84 Å². The van der Waals surface area contributed by atoms with Gasteiger partial charge in [-0.05, 0) is 43.7 Å². The van der Waals surface area contributed by atoms with Crippen molar-refractivity contribution in [3.05, 3.63) is 42.5 Å². The fraction of sp³-hybridized carbons (Fsp3) is 0.444. The van der Waals surface area contributed by atoms with Crippen LogP contribution in [0.4, 0.5) is 0 Å². The molecule has 1 amide bonds. The summed E-state index contributed by atoms with van der Waals surface area (Å²) in [6.45, 7) is 6.71. The van der Waals surface area contributed by atoms with Gasteiger partial charge in [-0.2, -0.15) is 0 Å². The van der Waals surface area contributed by atoms with Gasteiger partial charge < -0.3 is 15.2 Å². The van der Waals surface area contributed by atoms with Crippen LogP contribution in [0.3, 0.4) is 0 Å². The van der Waals surface area contributed by atoms with Gasteiger partial charge in [0.25, 0.3) is 5.91 Å². The van der Waals surface area contributed by atoms with Crippen LogP contribution in [-0.2, 0) is 4.79 Å². The maximum absolute atomic E-state index is 12.2. The lowest BCUT2D eigenvalue weighted by Crippen LogP contribution is -2.54. The summed E-state index contributed by atoms with van der Waals surface area (Å²) < 4.78 is 5.38. The number of carboxylic acid groups (broad SMARTS) is 1. The third kappa shape index (κ3) is 4.83. The first-order chi connectivity index (χ1) is 11.5. The number of nitrogens with zero attached hydrogens (tertiary/aromatic N) is 1. The Labute approximate surface area is 142 Å². The highest BCUT2D eigenvalue weighted by Gasteiger charge is 2.34. The number of hydrogen-bond acceptors (Lipinski definition) is 4. The third-order valence-corrected chi connectivity index (χ3v) is 4.19. The van der Waals surface area contributed by atoms with Crippen molar-refractivity contribution in [1.82, 2.24) is 10.2 Å². The van der Waals surface area contributed by atoms with Crippen molar-refractivity contribution in [2.45, 2.75) is 31.8 Å². The SMILES string of the molecule is C=CCOc1ccc(C(=O)NC2CC(N(CC)CC(=O)O)C2)cc1. The highest BCUT2D eigenvalue weighted by molar-refractivity contribution is 5.94. The number of amides is 1. The minimum absolute atomic E-state index is 0.0496. The normalized spacial score (nSPS) is 19.4. The molecule has 0 aliphatic heterocycles. The van der Waals surface area contributed by atoms with E-state index in [1.165, 1.54) is 0 Å². The zero-order chi connectivity index (χ0) is 17.5. The lowest BCUT2D eigenvalue weighted by molar-refractivity contribution is -0.139. The van der Waals surface area contributed by atoms with E-state index in [2.05, 4.69) is 11.9 Å². The van der Waals surface area contributed by atoms with Gasteiger partial charge in [0, 0.05) is 17.6 Å². The van der Waals surface area contributed by atoms with Crippen LogP contribution in [-0.4, -0.2) is 53.7 Å². The van der Waals surface area contributed by atoms with Gasteiger partial charge >= 0.3 is 5.97 Å². The first kappa shape index (κ1) is 18.0. The maximum atomic E-state index is 12.2. The molecule has 0 unspecified atom stereocenters. The number of rotatable bonds is 9. The van der Waals surface area contributed by atoms with Gasteiger partial charge in [-0.25, -0.2) is 0 Å². The van der Waals surface area contributed by atoms with Crippen LogP contribution >= 0.6 is 0 Å². The van der Waals surface area contributed by atoms with Crippen molar-refractivity contribution in [2.75, 3.05) is 19.7 Å². The number of ether oxygens (including phenoxy) is 1. The smallest absolute Gasteiger partial charge is 0.317 e. The van der Waals surface area contributed by atoms with Crippen LogP contribution < -0.4 is 10.1 Å². The molecule has 1 aliphatic carbocycles. The second-order valence-electron chi connectivity index (χ2n) is 5.88. The Morgan fingerprint density at radius 2 is 2.04 bits per heavy atom. The molecule has 130 valence electrons. The highest BCUT2D eigenvalue weighted by atomic mass is 16.5. The van der Waals surface area contributed by atoms with Crippen molar-refractivity contribution in [3.63, 3.8) is 0 Å². The predicted molar refractivity (Wildman–Crippen MR) is 91.3 cm³/mol. The third-order valence-electron chi connectivity index (χ3n) is 4.19. The summed E-state index contributed by atoms with van der Waals surface area (Å²) in [6, 6.07) is 7.30. The molecule has 2 rings (SSSR count). The highest BCUT2D eigenvalue weighted by Crippen LogP contribution is 2.26. The monoisotopic (exact) mass is 332 g/mol. The minimum Gasteiger partial charge on any atom is -0.490 e. The van der Waals surface area contributed by atoms with Crippen molar-refractivity contribution >= 4 is 11.9 Å². The summed E-state index contributed by atoms with van der Waals surface area (Å²) in [5.41, 5.74) is 0.585. The van der Waals surface area contributed by atoms with Gasteiger partial charge in [-0.3, -0.25) is 14.5 Å². The number of hydrogen-bond donors (Lipinski definition) is 2. The zero-order valence-electron chi connectivity index (χ0n) is 13.9. The Morgan fingerprint density at radius 3 is 2.58 bits per heavy atom. The summed E-state index contributed by atoms with van der Waals surface area (Å²) in [5.74, 6) is -0.236. The first-order valence-electron chi connectivity index (χ1n) is 8.14. The molecule has 0 saturated heterocycles. The number of carboxylic acids is 1. The molecule has 1 saturated carbocycles. The molecule has 0 heterocycles.